The molecule has 12 heavy (non-hydrogen) atoms. The Bertz CT molecular complexity index is 367. The molecule has 1 N–H and O–H groups in total. The van der Waals surface area contributed by atoms with E-state index in [0.29, 0.717) is 0 Å². The molecule has 3 nitrogen and oxygen atoms in total. The standard InChI is InChI=1S/C9H8N2O/c12-11-7-9(6-10-11)8-4-2-1-3-5-8/h1-7,12H. The summed E-state index contributed by atoms with van der Waals surface area (Å²) in [5.41, 5.74) is 1.97. The van der Waals surface area contributed by atoms with Crippen LogP contribution in [0.2, 0.25) is 0 Å². The average molecular weight is 160 g/mol. The van der Waals surface area contributed by atoms with E-state index >= 15 is 0 Å². The van der Waals surface area contributed by atoms with E-state index in [9.17, 15) is 0 Å². The molecule has 0 radical (unpaired) electrons. The number of aromatic nitrogens is 2. The minimum absolute atomic E-state index is 0.808. The van der Waals surface area contributed by atoms with Crippen LogP contribution in [0.25, 0.3) is 11.1 Å². The van der Waals surface area contributed by atoms with Gasteiger partial charge in [-0.3, -0.25) is 0 Å². The minimum atomic E-state index is 0.808. The van der Waals surface area contributed by atoms with Crippen molar-refractivity contribution in [1.29, 1.82) is 0 Å². The molecule has 0 amide bonds. The van der Waals surface area contributed by atoms with Crippen molar-refractivity contribution in [2.24, 2.45) is 0 Å². The summed E-state index contributed by atoms with van der Waals surface area (Å²) < 4.78 is 0. The van der Waals surface area contributed by atoms with Crippen LogP contribution in [0, 0.1) is 0 Å². The third-order valence-corrected chi connectivity index (χ3v) is 1.68. The van der Waals surface area contributed by atoms with Crippen LogP contribution < -0.4 is 0 Å². The smallest absolute Gasteiger partial charge is 0.0742 e. The summed E-state index contributed by atoms with van der Waals surface area (Å²) in [4.78, 5) is 0.808. The lowest BCUT2D eigenvalue weighted by atomic mass is 10.1. The van der Waals surface area contributed by atoms with E-state index in [1.807, 2.05) is 30.3 Å². The second kappa shape index (κ2) is 2.70. The third kappa shape index (κ3) is 1.16. The van der Waals surface area contributed by atoms with Crippen LogP contribution in [0.15, 0.2) is 42.7 Å². The average Bonchev–Trinajstić information content (AvgIpc) is 2.54. The SMILES string of the molecule is On1cc(-c2ccccc2)cn1. The fourth-order valence-electron chi connectivity index (χ4n) is 1.09. The Hall–Kier alpha value is -1.77. The molecule has 0 aliphatic heterocycles. The second-order valence-electron chi connectivity index (χ2n) is 2.52. The minimum Gasteiger partial charge on any atom is -0.412 e. The first-order valence-electron chi connectivity index (χ1n) is 3.65. The van der Waals surface area contributed by atoms with Gasteiger partial charge in [-0.15, -0.1) is 9.94 Å². The van der Waals surface area contributed by atoms with Gasteiger partial charge in [-0.25, -0.2) is 0 Å². The van der Waals surface area contributed by atoms with Gasteiger partial charge in [-0.2, -0.15) is 0 Å². The Balaban J connectivity index is 2.45. The molecule has 2 rings (SSSR count). The quantitative estimate of drug-likeness (QED) is 0.646. The zero-order valence-corrected chi connectivity index (χ0v) is 6.38. The van der Waals surface area contributed by atoms with Gasteiger partial charge >= 0.3 is 0 Å². The predicted octanol–water partition coefficient (Wildman–Crippen LogP) is 1.79. The second-order valence-corrected chi connectivity index (χ2v) is 2.52. The van der Waals surface area contributed by atoms with E-state index in [-0.39, 0.29) is 0 Å². The Labute approximate surface area is 69.8 Å². The van der Waals surface area contributed by atoms with Crippen LogP contribution in [-0.2, 0) is 0 Å². The monoisotopic (exact) mass is 160 g/mol. The van der Waals surface area contributed by atoms with Crippen molar-refractivity contribution >= 4 is 0 Å². The van der Waals surface area contributed by atoms with Gasteiger partial charge in [0.25, 0.3) is 0 Å². The number of hydrogen-bond acceptors (Lipinski definition) is 2. The van der Waals surface area contributed by atoms with Gasteiger partial charge in [0, 0.05) is 5.56 Å². The first kappa shape index (κ1) is 6.91. The molecule has 60 valence electrons. The highest BCUT2D eigenvalue weighted by atomic mass is 16.5. The van der Waals surface area contributed by atoms with E-state index in [1.54, 1.807) is 12.4 Å². The summed E-state index contributed by atoms with van der Waals surface area (Å²) in [5, 5.41) is 12.6. The molecule has 1 heterocycles. The molecule has 1 aromatic heterocycles. The number of rotatable bonds is 1. The maximum absolute atomic E-state index is 8.92. The fraction of sp³-hybridized carbons (Fsp3) is 0. The van der Waals surface area contributed by atoms with Gasteiger partial charge in [0.15, 0.2) is 0 Å². The molecule has 0 fully saturated rings. The van der Waals surface area contributed by atoms with Crippen molar-refractivity contribution in [2.45, 2.75) is 0 Å². The Kier molecular flexibility index (Phi) is 1.55. The van der Waals surface area contributed by atoms with Crippen molar-refractivity contribution in [3.05, 3.63) is 42.7 Å². The number of nitrogens with zero attached hydrogens (tertiary/aromatic N) is 2. The van der Waals surface area contributed by atoms with Crippen molar-refractivity contribution in [2.75, 3.05) is 0 Å². The summed E-state index contributed by atoms with van der Waals surface area (Å²) >= 11 is 0. The number of hydrogen-bond donors (Lipinski definition) is 1. The molecule has 0 saturated carbocycles. The van der Waals surface area contributed by atoms with Crippen LogP contribution >= 0.6 is 0 Å². The Morgan fingerprint density at radius 3 is 2.42 bits per heavy atom. The molecule has 2 aromatic rings. The molecule has 0 bridgehead atoms. The first-order valence-corrected chi connectivity index (χ1v) is 3.65. The van der Waals surface area contributed by atoms with E-state index in [0.717, 1.165) is 16.0 Å². The summed E-state index contributed by atoms with van der Waals surface area (Å²) in [7, 11) is 0. The van der Waals surface area contributed by atoms with E-state index < -0.39 is 0 Å². The third-order valence-electron chi connectivity index (χ3n) is 1.68. The summed E-state index contributed by atoms with van der Waals surface area (Å²) in [5.74, 6) is 0. The van der Waals surface area contributed by atoms with Crippen LogP contribution in [-0.4, -0.2) is 15.2 Å². The van der Waals surface area contributed by atoms with Gasteiger partial charge in [-0.1, -0.05) is 30.3 Å². The Morgan fingerprint density at radius 1 is 1.08 bits per heavy atom. The lowest BCUT2D eigenvalue weighted by molar-refractivity contribution is 0.149. The number of benzene rings is 1. The summed E-state index contributed by atoms with van der Waals surface area (Å²) in [6, 6.07) is 9.79. The highest BCUT2D eigenvalue weighted by molar-refractivity contribution is 5.61. The lowest BCUT2D eigenvalue weighted by Gasteiger charge is -1.92. The van der Waals surface area contributed by atoms with E-state index in [2.05, 4.69) is 5.10 Å². The van der Waals surface area contributed by atoms with Crippen molar-refractivity contribution in [3.63, 3.8) is 0 Å². The normalized spacial score (nSPS) is 10.0. The zero-order valence-electron chi connectivity index (χ0n) is 6.38. The van der Waals surface area contributed by atoms with Crippen molar-refractivity contribution in [1.82, 2.24) is 9.94 Å². The van der Waals surface area contributed by atoms with Crippen LogP contribution in [0.3, 0.4) is 0 Å². The molecular formula is C9H8N2O. The van der Waals surface area contributed by atoms with E-state index in [4.69, 9.17) is 5.21 Å². The maximum atomic E-state index is 8.92. The maximum Gasteiger partial charge on any atom is 0.0742 e. The van der Waals surface area contributed by atoms with Crippen molar-refractivity contribution < 1.29 is 5.21 Å². The van der Waals surface area contributed by atoms with Gasteiger partial charge in [0.1, 0.15) is 0 Å². The van der Waals surface area contributed by atoms with Gasteiger partial charge in [0.2, 0.25) is 0 Å². The van der Waals surface area contributed by atoms with Gasteiger partial charge < -0.3 is 5.21 Å². The highest BCUT2D eigenvalue weighted by Gasteiger charge is 1.98. The topological polar surface area (TPSA) is 38.0 Å². The lowest BCUT2D eigenvalue weighted by Crippen LogP contribution is -1.86. The zero-order chi connectivity index (χ0) is 8.39. The molecule has 0 atom stereocenters. The molecule has 3 heteroatoms. The molecule has 0 unspecified atom stereocenters. The highest BCUT2D eigenvalue weighted by Crippen LogP contribution is 2.16. The summed E-state index contributed by atoms with van der Waals surface area (Å²) in [6.45, 7) is 0. The molecule has 0 spiro atoms. The Morgan fingerprint density at radius 2 is 1.83 bits per heavy atom. The molecule has 0 saturated heterocycles. The first-order chi connectivity index (χ1) is 5.86. The molecule has 1 aromatic carbocycles. The summed E-state index contributed by atoms with van der Waals surface area (Å²) in [6.07, 6.45) is 3.19. The predicted molar refractivity (Wildman–Crippen MR) is 44.8 cm³/mol. The molecular weight excluding hydrogens is 152 g/mol. The van der Waals surface area contributed by atoms with Crippen LogP contribution in [0.1, 0.15) is 0 Å². The van der Waals surface area contributed by atoms with Gasteiger partial charge in [-0.05, 0) is 5.56 Å². The van der Waals surface area contributed by atoms with Gasteiger partial charge in [0.05, 0.1) is 12.4 Å². The molecule has 0 aliphatic carbocycles. The van der Waals surface area contributed by atoms with Crippen LogP contribution in [0.4, 0.5) is 0 Å². The molecule has 0 aliphatic rings. The van der Waals surface area contributed by atoms with Crippen molar-refractivity contribution in [3.8, 4) is 11.1 Å². The van der Waals surface area contributed by atoms with E-state index in [1.165, 1.54) is 0 Å². The largest absolute Gasteiger partial charge is 0.412 e. The van der Waals surface area contributed by atoms with Crippen LogP contribution in [0.5, 0.6) is 0 Å². The fourth-order valence-corrected chi connectivity index (χ4v) is 1.09.